The summed E-state index contributed by atoms with van der Waals surface area (Å²) in [5, 5.41) is 3.86. The van der Waals surface area contributed by atoms with Gasteiger partial charge in [-0.2, -0.15) is 4.98 Å². The zero-order valence-electron chi connectivity index (χ0n) is 16.1. The molecule has 1 aromatic carbocycles. The van der Waals surface area contributed by atoms with Crippen molar-refractivity contribution in [3.63, 3.8) is 0 Å². The maximum atomic E-state index is 15.4. The van der Waals surface area contributed by atoms with Gasteiger partial charge in [0.1, 0.15) is 6.54 Å². The Morgan fingerprint density at radius 2 is 2.03 bits per heavy atom. The van der Waals surface area contributed by atoms with Gasteiger partial charge in [0.2, 0.25) is 17.4 Å². The van der Waals surface area contributed by atoms with Gasteiger partial charge in [0.15, 0.2) is 0 Å². The van der Waals surface area contributed by atoms with Crippen LogP contribution in [0.2, 0.25) is 0 Å². The van der Waals surface area contributed by atoms with Gasteiger partial charge in [-0.1, -0.05) is 35.5 Å². The molecule has 29 heavy (non-hydrogen) atoms. The second kappa shape index (κ2) is 7.23. The van der Waals surface area contributed by atoms with Crippen LogP contribution in [0.4, 0.5) is 4.39 Å². The second-order valence-corrected chi connectivity index (χ2v) is 7.21. The molecule has 1 fully saturated rings. The summed E-state index contributed by atoms with van der Waals surface area (Å²) in [6.45, 7) is 3.20. The van der Waals surface area contributed by atoms with E-state index in [-0.39, 0.29) is 43.4 Å². The minimum Gasteiger partial charge on any atom is -0.337 e. The van der Waals surface area contributed by atoms with E-state index in [4.69, 9.17) is 4.52 Å². The van der Waals surface area contributed by atoms with Gasteiger partial charge in [-0.3, -0.25) is 14.2 Å². The Bertz CT molecular complexity index is 1110. The van der Waals surface area contributed by atoms with E-state index in [9.17, 15) is 9.59 Å². The Morgan fingerprint density at radius 3 is 2.79 bits per heavy atom. The van der Waals surface area contributed by atoms with Crippen molar-refractivity contribution in [2.24, 2.45) is 0 Å². The van der Waals surface area contributed by atoms with Gasteiger partial charge in [0, 0.05) is 29.8 Å². The molecule has 3 heterocycles. The van der Waals surface area contributed by atoms with Crippen molar-refractivity contribution in [3.8, 4) is 11.4 Å². The number of carbonyl (C=O) groups excluding carboxylic acids is 1. The summed E-state index contributed by atoms with van der Waals surface area (Å²) in [5.41, 5.74) is -0.365. The first kappa shape index (κ1) is 19.0. The Hall–Kier alpha value is -3.36. The van der Waals surface area contributed by atoms with Crippen molar-refractivity contribution in [1.29, 1.82) is 0 Å². The predicted molar refractivity (Wildman–Crippen MR) is 102 cm³/mol. The lowest BCUT2D eigenvalue weighted by molar-refractivity contribution is -0.131. The maximum absolute atomic E-state index is 15.4. The van der Waals surface area contributed by atoms with E-state index in [0.29, 0.717) is 17.1 Å². The minimum atomic E-state index is -1.91. The molecule has 9 heteroatoms. The lowest BCUT2D eigenvalue weighted by Gasteiger charge is -2.18. The van der Waals surface area contributed by atoms with Gasteiger partial charge in [-0.05, 0) is 13.8 Å². The van der Waals surface area contributed by atoms with E-state index in [0.717, 1.165) is 5.56 Å². The first-order valence-electron chi connectivity index (χ1n) is 9.26. The van der Waals surface area contributed by atoms with Crippen LogP contribution in [-0.4, -0.2) is 43.6 Å². The summed E-state index contributed by atoms with van der Waals surface area (Å²) in [6, 6.07) is 9.13. The second-order valence-electron chi connectivity index (χ2n) is 7.21. The summed E-state index contributed by atoms with van der Waals surface area (Å²) in [7, 11) is 0. The molecular formula is C20H20FN5O3. The van der Waals surface area contributed by atoms with Gasteiger partial charge in [-0.15, -0.1) is 0 Å². The van der Waals surface area contributed by atoms with E-state index in [1.165, 1.54) is 15.8 Å². The highest BCUT2D eigenvalue weighted by atomic mass is 19.1. The maximum Gasteiger partial charge on any atom is 0.266 e. The highest BCUT2D eigenvalue weighted by Crippen LogP contribution is 2.36. The Balaban J connectivity index is 1.48. The number of aromatic nitrogens is 4. The molecule has 0 spiro atoms. The zero-order chi connectivity index (χ0) is 20.6. The standard InChI is InChI=1S/C20H20FN5O3/c1-13-14(2)22-12-26(18(13)28)10-16(27)25-9-8-20(21,11-25)19-23-17(24-29-19)15-6-4-3-5-7-15/h3-7,12H,8-11H2,1-2H3. The summed E-state index contributed by atoms with van der Waals surface area (Å²) in [6.07, 6.45) is 1.39. The van der Waals surface area contributed by atoms with Crippen molar-refractivity contribution in [2.75, 3.05) is 13.1 Å². The molecule has 1 amide bonds. The number of rotatable bonds is 4. The third-order valence-corrected chi connectivity index (χ3v) is 5.23. The first-order chi connectivity index (χ1) is 13.9. The van der Waals surface area contributed by atoms with Crippen LogP contribution in [0.3, 0.4) is 0 Å². The normalized spacial score (nSPS) is 18.9. The minimum absolute atomic E-state index is 0.0508. The molecule has 1 unspecified atom stereocenters. The van der Waals surface area contributed by atoms with Crippen LogP contribution in [0.1, 0.15) is 23.6 Å². The molecule has 3 aromatic rings. The van der Waals surface area contributed by atoms with Crippen LogP contribution in [-0.2, 0) is 17.0 Å². The van der Waals surface area contributed by atoms with E-state index < -0.39 is 5.67 Å². The van der Waals surface area contributed by atoms with Gasteiger partial charge in [0.25, 0.3) is 11.4 Å². The van der Waals surface area contributed by atoms with Crippen LogP contribution in [0.15, 0.2) is 46.0 Å². The third kappa shape index (κ3) is 3.55. The molecule has 150 valence electrons. The Kier molecular flexibility index (Phi) is 4.73. The van der Waals surface area contributed by atoms with Crippen LogP contribution in [0, 0.1) is 13.8 Å². The molecule has 1 aliphatic rings. The number of amides is 1. The number of carbonyl (C=O) groups is 1. The van der Waals surface area contributed by atoms with Crippen LogP contribution in [0.5, 0.6) is 0 Å². The van der Waals surface area contributed by atoms with Crippen molar-refractivity contribution < 1.29 is 13.7 Å². The van der Waals surface area contributed by atoms with Gasteiger partial charge in [0.05, 0.1) is 12.9 Å². The smallest absolute Gasteiger partial charge is 0.266 e. The first-order valence-corrected chi connectivity index (χ1v) is 9.26. The molecule has 1 atom stereocenters. The molecule has 0 radical (unpaired) electrons. The Labute approximate surface area is 166 Å². The quantitative estimate of drug-likeness (QED) is 0.668. The zero-order valence-corrected chi connectivity index (χ0v) is 16.1. The molecule has 0 bridgehead atoms. The van der Waals surface area contributed by atoms with Crippen molar-refractivity contribution in [1.82, 2.24) is 24.6 Å². The van der Waals surface area contributed by atoms with E-state index in [2.05, 4.69) is 15.1 Å². The topological polar surface area (TPSA) is 94.1 Å². The largest absolute Gasteiger partial charge is 0.337 e. The Morgan fingerprint density at radius 1 is 1.28 bits per heavy atom. The summed E-state index contributed by atoms with van der Waals surface area (Å²) in [5.74, 6) is -0.202. The number of aryl methyl sites for hydroxylation is 1. The van der Waals surface area contributed by atoms with E-state index >= 15 is 4.39 Å². The lowest BCUT2D eigenvalue weighted by Crippen LogP contribution is -2.37. The van der Waals surface area contributed by atoms with E-state index in [1.807, 2.05) is 18.2 Å². The molecule has 0 N–H and O–H groups in total. The SMILES string of the molecule is Cc1ncn(CC(=O)N2CCC(F)(c3nc(-c4ccccc4)no3)C2)c(=O)c1C. The monoisotopic (exact) mass is 397 g/mol. The molecule has 4 rings (SSSR count). The fraction of sp³-hybridized carbons (Fsp3) is 0.350. The summed E-state index contributed by atoms with van der Waals surface area (Å²) in [4.78, 5) is 34.6. The number of halogens is 1. The molecular weight excluding hydrogens is 377 g/mol. The summed E-state index contributed by atoms with van der Waals surface area (Å²) < 4.78 is 21.8. The average Bonchev–Trinajstić information content (AvgIpc) is 3.37. The summed E-state index contributed by atoms with van der Waals surface area (Å²) >= 11 is 0. The number of benzene rings is 1. The van der Waals surface area contributed by atoms with Crippen LogP contribution >= 0.6 is 0 Å². The highest BCUT2D eigenvalue weighted by molar-refractivity contribution is 5.76. The predicted octanol–water partition coefficient (Wildman–Crippen LogP) is 2.01. The number of alkyl halides is 1. The molecule has 0 saturated carbocycles. The average molecular weight is 397 g/mol. The number of nitrogens with zero attached hydrogens (tertiary/aromatic N) is 5. The van der Waals surface area contributed by atoms with Gasteiger partial charge in [-0.25, -0.2) is 9.37 Å². The van der Waals surface area contributed by atoms with Crippen LogP contribution < -0.4 is 5.56 Å². The van der Waals surface area contributed by atoms with Crippen molar-refractivity contribution in [2.45, 2.75) is 32.5 Å². The van der Waals surface area contributed by atoms with E-state index in [1.54, 1.807) is 26.0 Å². The lowest BCUT2D eigenvalue weighted by atomic mass is 10.1. The molecule has 8 nitrogen and oxygen atoms in total. The highest BCUT2D eigenvalue weighted by Gasteiger charge is 2.46. The number of likely N-dealkylation sites (tertiary alicyclic amines) is 1. The molecule has 0 aliphatic carbocycles. The number of hydrogen-bond acceptors (Lipinski definition) is 6. The molecule has 1 saturated heterocycles. The molecule has 1 aliphatic heterocycles. The fourth-order valence-electron chi connectivity index (χ4n) is 3.30. The number of hydrogen-bond donors (Lipinski definition) is 0. The van der Waals surface area contributed by atoms with Crippen molar-refractivity contribution in [3.05, 3.63) is 64.2 Å². The molecule has 2 aromatic heterocycles. The van der Waals surface area contributed by atoms with Crippen LogP contribution in [0.25, 0.3) is 11.4 Å². The van der Waals surface area contributed by atoms with Gasteiger partial charge < -0.3 is 9.42 Å². The third-order valence-electron chi connectivity index (χ3n) is 5.23. The fourth-order valence-corrected chi connectivity index (χ4v) is 3.30. The van der Waals surface area contributed by atoms with Gasteiger partial charge >= 0.3 is 0 Å². The van der Waals surface area contributed by atoms with Crippen molar-refractivity contribution >= 4 is 5.91 Å².